The summed E-state index contributed by atoms with van der Waals surface area (Å²) in [5.41, 5.74) is 5.18. The third-order valence-electron chi connectivity index (χ3n) is 5.84. The SMILES string of the molecule is CC.Cc1ccc2cc(NSc3ccc(CSc4nc(/C(S)=C/C=C/c5cccs5)c(C)c(=O)[nH]4)cc3)ccc2n1. The van der Waals surface area contributed by atoms with Crippen LogP contribution in [0.3, 0.4) is 0 Å². The summed E-state index contributed by atoms with van der Waals surface area (Å²) >= 11 is 9.34. The number of hydrogen-bond acceptors (Lipinski definition) is 8. The zero-order valence-corrected chi connectivity index (χ0v) is 26.7. The van der Waals surface area contributed by atoms with Crippen molar-refractivity contribution in [1.29, 1.82) is 0 Å². The first kappa shape index (κ1) is 30.7. The van der Waals surface area contributed by atoms with Gasteiger partial charge in [-0.3, -0.25) is 9.78 Å². The number of thiol groups is 1. The summed E-state index contributed by atoms with van der Waals surface area (Å²) in [4.78, 5) is 27.6. The minimum Gasteiger partial charge on any atom is -0.326 e. The summed E-state index contributed by atoms with van der Waals surface area (Å²) in [6.45, 7) is 7.77. The lowest BCUT2D eigenvalue weighted by Crippen LogP contribution is -2.15. The lowest BCUT2D eigenvalue weighted by atomic mass is 10.2. The first-order valence-electron chi connectivity index (χ1n) is 13.2. The highest BCUT2D eigenvalue weighted by Crippen LogP contribution is 2.27. The van der Waals surface area contributed by atoms with E-state index >= 15 is 0 Å². The van der Waals surface area contributed by atoms with Crippen molar-refractivity contribution in [3.8, 4) is 0 Å². The Balaban J connectivity index is 0.00000189. The summed E-state index contributed by atoms with van der Waals surface area (Å²) in [5.74, 6) is 0.685. The zero-order valence-electron chi connectivity index (χ0n) is 23.3. The summed E-state index contributed by atoms with van der Waals surface area (Å²) in [5, 5.41) is 3.72. The molecular weight excluding hydrogens is 585 g/mol. The molecule has 5 nitrogen and oxygen atoms in total. The Hall–Kier alpha value is -3.24. The van der Waals surface area contributed by atoms with E-state index in [0.717, 1.165) is 37.6 Å². The molecule has 0 bridgehead atoms. The third kappa shape index (κ3) is 8.63. The number of anilines is 1. The van der Waals surface area contributed by atoms with E-state index in [2.05, 4.69) is 68.7 Å². The number of nitrogens with zero attached hydrogens (tertiary/aromatic N) is 2. The first-order valence-corrected chi connectivity index (χ1v) is 16.3. The van der Waals surface area contributed by atoms with Gasteiger partial charge in [0.05, 0.1) is 11.2 Å². The predicted molar refractivity (Wildman–Crippen MR) is 183 cm³/mol. The van der Waals surface area contributed by atoms with E-state index in [4.69, 9.17) is 0 Å². The average molecular weight is 617 g/mol. The Morgan fingerprint density at radius 3 is 2.61 bits per heavy atom. The third-order valence-corrected chi connectivity index (χ3v) is 8.83. The van der Waals surface area contributed by atoms with Crippen molar-refractivity contribution in [2.75, 3.05) is 4.72 Å². The van der Waals surface area contributed by atoms with Gasteiger partial charge in [0.25, 0.3) is 5.56 Å². The number of hydrogen-bond donors (Lipinski definition) is 3. The van der Waals surface area contributed by atoms with E-state index in [1.807, 2.05) is 74.7 Å². The number of H-pyrrole nitrogens is 1. The van der Waals surface area contributed by atoms with Crippen molar-refractivity contribution in [1.82, 2.24) is 15.0 Å². The van der Waals surface area contributed by atoms with Crippen LogP contribution in [0, 0.1) is 13.8 Å². The number of benzene rings is 2. The molecule has 0 fully saturated rings. The lowest BCUT2D eigenvalue weighted by Gasteiger charge is -2.09. The standard InChI is InChI=1S/C30H26N4OS4.C2H6/c1-19-8-11-22-17-23(12-15-26(22)31-19)34-39-25-13-9-21(10-14-25)18-38-30-32-28(20(2)29(35)33-30)27(36)7-3-5-24-6-4-16-37-24;1-2/h3-17,34,36H,18H2,1-2H3,(H,32,33,35);1-2H3/b5-3+,27-7-;. The number of aromatic nitrogens is 3. The van der Waals surface area contributed by atoms with Crippen molar-refractivity contribution in [3.63, 3.8) is 0 Å². The highest BCUT2D eigenvalue weighted by Gasteiger charge is 2.10. The van der Waals surface area contributed by atoms with Crippen LogP contribution in [0.2, 0.25) is 0 Å². The van der Waals surface area contributed by atoms with Gasteiger partial charge in [-0.05, 0) is 91.4 Å². The van der Waals surface area contributed by atoms with Crippen molar-refractivity contribution < 1.29 is 0 Å². The molecule has 0 radical (unpaired) electrons. The number of pyridine rings is 1. The van der Waals surface area contributed by atoms with Crippen LogP contribution in [0.1, 0.15) is 41.2 Å². The van der Waals surface area contributed by atoms with Gasteiger partial charge in [-0.25, -0.2) is 4.98 Å². The maximum absolute atomic E-state index is 12.6. The molecule has 0 saturated carbocycles. The number of rotatable bonds is 9. The quantitative estimate of drug-likeness (QED) is 0.0504. The minimum atomic E-state index is -0.151. The molecule has 0 amide bonds. The molecule has 3 heterocycles. The second kappa shape index (κ2) is 15.1. The number of thiophene rings is 1. The maximum atomic E-state index is 12.6. The van der Waals surface area contributed by atoms with Crippen molar-refractivity contribution in [2.24, 2.45) is 0 Å². The summed E-state index contributed by atoms with van der Waals surface area (Å²) in [6.07, 6.45) is 5.80. The van der Waals surface area contributed by atoms with Gasteiger partial charge in [0.1, 0.15) is 0 Å². The number of nitrogens with one attached hydrogen (secondary N) is 2. The molecule has 2 aromatic carbocycles. The monoisotopic (exact) mass is 616 g/mol. The van der Waals surface area contributed by atoms with Gasteiger partial charge in [0.15, 0.2) is 5.16 Å². The molecule has 2 N–H and O–H groups in total. The topological polar surface area (TPSA) is 70.7 Å². The maximum Gasteiger partial charge on any atom is 0.255 e. The van der Waals surface area contributed by atoms with Crippen LogP contribution in [0.25, 0.3) is 21.9 Å². The van der Waals surface area contributed by atoms with E-state index < -0.39 is 0 Å². The molecule has 0 aliphatic rings. The van der Waals surface area contributed by atoms with Gasteiger partial charge in [-0.15, -0.1) is 24.0 Å². The van der Waals surface area contributed by atoms with Crippen molar-refractivity contribution in [2.45, 2.75) is 43.5 Å². The van der Waals surface area contributed by atoms with Gasteiger partial charge in [-0.1, -0.05) is 56.0 Å². The second-order valence-corrected chi connectivity index (χ2v) is 12.1. The van der Waals surface area contributed by atoms with Crippen molar-refractivity contribution >= 4 is 75.2 Å². The number of aromatic amines is 1. The molecule has 41 heavy (non-hydrogen) atoms. The smallest absolute Gasteiger partial charge is 0.255 e. The Labute approximate surface area is 259 Å². The largest absolute Gasteiger partial charge is 0.326 e. The molecule has 0 unspecified atom stereocenters. The molecule has 210 valence electrons. The Morgan fingerprint density at radius 1 is 1.05 bits per heavy atom. The van der Waals surface area contributed by atoms with Gasteiger partial charge in [0, 0.05) is 42.8 Å². The highest BCUT2D eigenvalue weighted by atomic mass is 32.2. The van der Waals surface area contributed by atoms with Crippen LogP contribution in [0.15, 0.2) is 99.1 Å². The van der Waals surface area contributed by atoms with Gasteiger partial charge in [-0.2, -0.15) is 0 Å². The van der Waals surface area contributed by atoms with Crippen LogP contribution < -0.4 is 10.3 Å². The van der Waals surface area contributed by atoms with Gasteiger partial charge >= 0.3 is 0 Å². The lowest BCUT2D eigenvalue weighted by molar-refractivity contribution is 0.906. The second-order valence-electron chi connectivity index (χ2n) is 8.77. The molecule has 5 aromatic rings. The molecule has 0 atom stereocenters. The highest BCUT2D eigenvalue weighted by molar-refractivity contribution is 8.00. The van der Waals surface area contributed by atoms with E-state index in [9.17, 15) is 4.79 Å². The first-order chi connectivity index (χ1) is 19.9. The molecule has 9 heteroatoms. The zero-order chi connectivity index (χ0) is 29.2. The van der Waals surface area contributed by atoms with Crippen LogP contribution in [-0.2, 0) is 5.75 Å². The molecule has 0 saturated heterocycles. The van der Waals surface area contributed by atoms with Gasteiger partial charge < -0.3 is 9.71 Å². The fraction of sp³-hybridized carbons (Fsp3) is 0.156. The minimum absolute atomic E-state index is 0.151. The number of fused-ring (bicyclic) bond motifs is 1. The predicted octanol–water partition coefficient (Wildman–Crippen LogP) is 9.42. The number of thioether (sulfide) groups is 1. The molecule has 0 spiro atoms. The van der Waals surface area contributed by atoms with Crippen LogP contribution in [0.5, 0.6) is 0 Å². The normalized spacial score (nSPS) is 11.5. The molecule has 3 aromatic heterocycles. The molecular formula is C32H32N4OS4. The summed E-state index contributed by atoms with van der Waals surface area (Å²) in [6, 6.07) is 22.7. The Bertz CT molecular complexity index is 1710. The molecule has 0 aliphatic heterocycles. The van der Waals surface area contributed by atoms with Gasteiger partial charge in [0.2, 0.25) is 0 Å². The van der Waals surface area contributed by atoms with E-state index in [-0.39, 0.29) is 5.56 Å². The Morgan fingerprint density at radius 2 is 1.85 bits per heavy atom. The van der Waals surface area contributed by atoms with E-state index in [1.165, 1.54) is 11.8 Å². The van der Waals surface area contributed by atoms with Crippen LogP contribution in [0.4, 0.5) is 5.69 Å². The number of aryl methyl sites for hydroxylation is 1. The molecule has 5 rings (SSSR count). The van der Waals surface area contributed by atoms with Crippen molar-refractivity contribution in [3.05, 3.63) is 122 Å². The molecule has 0 aliphatic carbocycles. The summed E-state index contributed by atoms with van der Waals surface area (Å²) < 4.78 is 3.41. The van der Waals surface area contributed by atoms with E-state index in [0.29, 0.717) is 27.1 Å². The van der Waals surface area contributed by atoms with Crippen LogP contribution >= 0.6 is 47.7 Å². The van der Waals surface area contributed by atoms with Crippen LogP contribution in [-0.4, -0.2) is 15.0 Å². The number of allylic oxidation sites excluding steroid dienone is 2. The fourth-order valence-electron chi connectivity index (χ4n) is 3.74. The average Bonchev–Trinajstić information content (AvgIpc) is 3.51. The summed E-state index contributed by atoms with van der Waals surface area (Å²) in [7, 11) is 0. The van der Waals surface area contributed by atoms with E-state index in [1.54, 1.807) is 30.2 Å². The fourth-order valence-corrected chi connectivity index (χ4v) is 6.13. The Kier molecular flexibility index (Phi) is 11.3.